The normalized spacial score (nSPS) is 10.1. The molecule has 0 saturated heterocycles. The SMILES string of the molecule is CCOCCc1c(N=[N+]=[N-])nc(N)nc1-c1ccccc1. The molecule has 0 spiro atoms. The predicted octanol–water partition coefficient (Wildman–Crippen LogP) is 3.25. The van der Waals surface area contributed by atoms with E-state index in [0.29, 0.717) is 25.3 Å². The quantitative estimate of drug-likeness (QED) is 0.380. The molecule has 0 amide bonds. The zero-order chi connectivity index (χ0) is 15.1. The van der Waals surface area contributed by atoms with Crippen LogP contribution in [-0.4, -0.2) is 23.2 Å². The van der Waals surface area contributed by atoms with Crippen LogP contribution in [0, 0.1) is 0 Å². The highest BCUT2D eigenvalue weighted by atomic mass is 16.5. The number of hydrogen-bond donors (Lipinski definition) is 1. The third kappa shape index (κ3) is 3.68. The number of hydrogen-bond acceptors (Lipinski definition) is 5. The van der Waals surface area contributed by atoms with E-state index >= 15 is 0 Å². The van der Waals surface area contributed by atoms with Gasteiger partial charge < -0.3 is 10.5 Å². The summed E-state index contributed by atoms with van der Waals surface area (Å²) in [5.41, 5.74) is 16.7. The van der Waals surface area contributed by atoms with Crippen molar-refractivity contribution in [2.45, 2.75) is 13.3 Å². The lowest BCUT2D eigenvalue weighted by molar-refractivity contribution is 0.151. The van der Waals surface area contributed by atoms with E-state index in [4.69, 9.17) is 16.0 Å². The standard InChI is InChI=1S/C14H16N6O/c1-2-21-9-8-11-12(10-6-4-3-5-7-10)17-14(15)18-13(11)19-20-16/h3-7H,2,8-9H2,1H3,(H2,15,17,18). The highest BCUT2D eigenvalue weighted by Gasteiger charge is 2.14. The van der Waals surface area contributed by atoms with Gasteiger partial charge in [-0.25, -0.2) is 9.97 Å². The fourth-order valence-electron chi connectivity index (χ4n) is 2.00. The number of azide groups is 1. The topological polar surface area (TPSA) is 110 Å². The number of anilines is 1. The van der Waals surface area contributed by atoms with E-state index in [1.807, 2.05) is 37.3 Å². The van der Waals surface area contributed by atoms with E-state index in [-0.39, 0.29) is 11.8 Å². The number of aromatic nitrogens is 2. The molecule has 1 aromatic heterocycles. The number of nitrogen functional groups attached to an aromatic ring is 1. The molecule has 1 aromatic carbocycles. The summed E-state index contributed by atoms with van der Waals surface area (Å²) in [6.45, 7) is 3.04. The molecule has 2 aromatic rings. The van der Waals surface area contributed by atoms with Gasteiger partial charge in [0.25, 0.3) is 0 Å². The van der Waals surface area contributed by atoms with E-state index in [9.17, 15) is 0 Å². The Bertz CT molecular complexity index is 652. The Kier molecular flexibility index (Phi) is 5.09. The smallest absolute Gasteiger partial charge is 0.220 e. The minimum Gasteiger partial charge on any atom is -0.381 e. The molecule has 0 saturated carbocycles. The molecule has 7 nitrogen and oxygen atoms in total. The van der Waals surface area contributed by atoms with Crippen LogP contribution in [0.1, 0.15) is 12.5 Å². The molecule has 2 N–H and O–H groups in total. The second kappa shape index (κ2) is 7.23. The maximum atomic E-state index is 8.69. The van der Waals surface area contributed by atoms with Crippen LogP contribution in [0.3, 0.4) is 0 Å². The van der Waals surface area contributed by atoms with E-state index in [0.717, 1.165) is 11.1 Å². The summed E-state index contributed by atoms with van der Waals surface area (Å²) in [7, 11) is 0. The highest BCUT2D eigenvalue weighted by molar-refractivity contribution is 5.68. The molecule has 2 rings (SSSR count). The lowest BCUT2D eigenvalue weighted by Crippen LogP contribution is -2.05. The van der Waals surface area contributed by atoms with Crippen LogP contribution in [-0.2, 0) is 11.2 Å². The first kappa shape index (κ1) is 14.8. The maximum Gasteiger partial charge on any atom is 0.220 e. The molecule has 0 aliphatic rings. The van der Waals surface area contributed by atoms with Crippen molar-refractivity contribution in [1.82, 2.24) is 9.97 Å². The number of rotatable bonds is 6. The van der Waals surface area contributed by atoms with Gasteiger partial charge in [-0.2, -0.15) is 0 Å². The van der Waals surface area contributed by atoms with Crippen molar-refractivity contribution >= 4 is 11.8 Å². The Morgan fingerprint density at radius 3 is 2.71 bits per heavy atom. The average Bonchev–Trinajstić information content (AvgIpc) is 2.50. The first-order valence-electron chi connectivity index (χ1n) is 6.61. The number of nitrogens with zero attached hydrogens (tertiary/aromatic N) is 5. The number of nitrogens with two attached hydrogens (primary N) is 1. The zero-order valence-corrected chi connectivity index (χ0v) is 11.7. The van der Waals surface area contributed by atoms with Gasteiger partial charge in [-0.3, -0.25) is 0 Å². The van der Waals surface area contributed by atoms with Crippen molar-refractivity contribution in [2.75, 3.05) is 18.9 Å². The van der Waals surface area contributed by atoms with E-state index < -0.39 is 0 Å². The fourth-order valence-corrected chi connectivity index (χ4v) is 2.00. The first-order chi connectivity index (χ1) is 10.3. The molecule has 7 heteroatoms. The lowest BCUT2D eigenvalue weighted by Gasteiger charge is -2.12. The third-order valence-electron chi connectivity index (χ3n) is 2.89. The summed E-state index contributed by atoms with van der Waals surface area (Å²) < 4.78 is 5.37. The van der Waals surface area contributed by atoms with Crippen LogP contribution >= 0.6 is 0 Å². The van der Waals surface area contributed by atoms with Crippen molar-refractivity contribution in [2.24, 2.45) is 5.11 Å². The Morgan fingerprint density at radius 1 is 1.29 bits per heavy atom. The fraction of sp³-hybridized carbons (Fsp3) is 0.286. The number of ether oxygens (including phenoxy) is 1. The van der Waals surface area contributed by atoms with Gasteiger partial charge in [0.2, 0.25) is 5.95 Å². The molecule has 0 unspecified atom stereocenters. The average molecular weight is 284 g/mol. The molecule has 0 fully saturated rings. The van der Waals surface area contributed by atoms with Crippen LogP contribution in [0.5, 0.6) is 0 Å². The molecule has 21 heavy (non-hydrogen) atoms. The third-order valence-corrected chi connectivity index (χ3v) is 2.89. The van der Waals surface area contributed by atoms with Crippen LogP contribution in [0.2, 0.25) is 0 Å². The first-order valence-corrected chi connectivity index (χ1v) is 6.61. The molecule has 0 aliphatic heterocycles. The Morgan fingerprint density at radius 2 is 2.05 bits per heavy atom. The Hall–Kier alpha value is -2.63. The van der Waals surface area contributed by atoms with Crippen LogP contribution in [0.15, 0.2) is 35.4 Å². The minimum absolute atomic E-state index is 0.0800. The summed E-state index contributed by atoms with van der Waals surface area (Å²) in [6, 6.07) is 9.58. The molecule has 0 atom stereocenters. The Labute approximate surface area is 122 Å². The lowest BCUT2D eigenvalue weighted by atomic mass is 10.0. The summed E-state index contributed by atoms with van der Waals surface area (Å²) in [4.78, 5) is 11.1. The summed E-state index contributed by atoms with van der Waals surface area (Å²) in [5, 5.41) is 3.63. The van der Waals surface area contributed by atoms with Crippen molar-refractivity contribution in [3.8, 4) is 11.3 Å². The second-order valence-electron chi connectivity index (χ2n) is 4.23. The van der Waals surface area contributed by atoms with E-state index in [1.54, 1.807) is 0 Å². The van der Waals surface area contributed by atoms with Gasteiger partial charge in [-0.1, -0.05) is 30.3 Å². The summed E-state index contributed by atoms with van der Waals surface area (Å²) >= 11 is 0. The van der Waals surface area contributed by atoms with Crippen LogP contribution < -0.4 is 5.73 Å². The molecular formula is C14H16N6O. The number of benzene rings is 1. The van der Waals surface area contributed by atoms with E-state index in [2.05, 4.69) is 20.0 Å². The van der Waals surface area contributed by atoms with E-state index in [1.165, 1.54) is 0 Å². The Balaban J connectivity index is 2.53. The van der Waals surface area contributed by atoms with Crippen molar-refractivity contribution < 1.29 is 4.74 Å². The monoisotopic (exact) mass is 284 g/mol. The van der Waals surface area contributed by atoms with Gasteiger partial charge >= 0.3 is 0 Å². The van der Waals surface area contributed by atoms with Gasteiger partial charge in [0, 0.05) is 22.6 Å². The minimum atomic E-state index is 0.0800. The van der Waals surface area contributed by atoms with Crippen LogP contribution in [0.25, 0.3) is 21.7 Å². The highest BCUT2D eigenvalue weighted by Crippen LogP contribution is 2.29. The van der Waals surface area contributed by atoms with Gasteiger partial charge in [0.15, 0.2) is 0 Å². The van der Waals surface area contributed by atoms with Crippen molar-refractivity contribution in [1.29, 1.82) is 0 Å². The molecule has 1 heterocycles. The van der Waals surface area contributed by atoms with Crippen LogP contribution in [0.4, 0.5) is 11.8 Å². The van der Waals surface area contributed by atoms with Crippen molar-refractivity contribution in [3.63, 3.8) is 0 Å². The molecule has 0 aliphatic carbocycles. The van der Waals surface area contributed by atoms with Gasteiger partial charge in [0.05, 0.1) is 12.3 Å². The summed E-state index contributed by atoms with van der Waals surface area (Å²) in [5.74, 6) is 0.333. The van der Waals surface area contributed by atoms with Crippen molar-refractivity contribution in [3.05, 3.63) is 46.3 Å². The largest absolute Gasteiger partial charge is 0.381 e. The predicted molar refractivity (Wildman–Crippen MR) is 80.9 cm³/mol. The zero-order valence-electron chi connectivity index (χ0n) is 11.7. The maximum absolute atomic E-state index is 8.69. The summed E-state index contributed by atoms with van der Waals surface area (Å²) in [6.07, 6.45) is 0.548. The molecule has 0 radical (unpaired) electrons. The molecule has 108 valence electrons. The van der Waals surface area contributed by atoms with Gasteiger partial charge in [0.1, 0.15) is 5.82 Å². The molecular weight excluding hydrogens is 268 g/mol. The van der Waals surface area contributed by atoms with Gasteiger partial charge in [-0.05, 0) is 24.0 Å². The van der Waals surface area contributed by atoms with Gasteiger partial charge in [-0.15, -0.1) is 0 Å². The molecule has 0 bridgehead atoms. The second-order valence-corrected chi connectivity index (χ2v) is 4.23.